The molecule has 0 aliphatic heterocycles. The predicted octanol–water partition coefficient (Wildman–Crippen LogP) is 1.97. The van der Waals surface area contributed by atoms with Crippen LogP contribution in [0.2, 0.25) is 0 Å². The molecule has 8 heteroatoms. The lowest BCUT2D eigenvalue weighted by atomic mass is 10.1. The van der Waals surface area contributed by atoms with E-state index in [2.05, 4.69) is 30.8 Å². The average molecular weight is 373 g/mol. The standard InChI is InChI=1S/C13H17BrN4O2S/c1-9-10(8-16-18-9)3-2-6-17-21(19,20)13-5-4-11(15)7-12(13)14/h4-5,7-8,17H,2-3,6,15H2,1H3,(H,16,18). The van der Waals surface area contributed by atoms with Gasteiger partial charge in [0.25, 0.3) is 0 Å². The van der Waals surface area contributed by atoms with Crippen LogP contribution >= 0.6 is 15.9 Å². The number of aromatic nitrogens is 2. The van der Waals surface area contributed by atoms with Crippen LogP contribution in [0.5, 0.6) is 0 Å². The maximum atomic E-state index is 12.2. The highest BCUT2D eigenvalue weighted by Gasteiger charge is 2.17. The molecule has 2 rings (SSSR count). The van der Waals surface area contributed by atoms with E-state index in [4.69, 9.17) is 5.73 Å². The Bertz CT molecular complexity index is 728. The van der Waals surface area contributed by atoms with Gasteiger partial charge in [-0.3, -0.25) is 5.10 Å². The van der Waals surface area contributed by atoms with Gasteiger partial charge < -0.3 is 5.73 Å². The number of aromatic amines is 1. The zero-order valence-corrected chi connectivity index (χ0v) is 14.0. The van der Waals surface area contributed by atoms with Crippen molar-refractivity contribution in [3.63, 3.8) is 0 Å². The number of halogens is 1. The molecule has 21 heavy (non-hydrogen) atoms. The van der Waals surface area contributed by atoms with Crippen LogP contribution in [0.3, 0.4) is 0 Å². The Morgan fingerprint density at radius 2 is 2.19 bits per heavy atom. The van der Waals surface area contributed by atoms with E-state index >= 15 is 0 Å². The van der Waals surface area contributed by atoms with Crippen molar-refractivity contribution in [1.29, 1.82) is 0 Å². The molecule has 0 saturated heterocycles. The Morgan fingerprint density at radius 3 is 2.81 bits per heavy atom. The first-order chi connectivity index (χ1) is 9.90. The average Bonchev–Trinajstić information content (AvgIpc) is 2.80. The van der Waals surface area contributed by atoms with Gasteiger partial charge in [0.05, 0.1) is 11.1 Å². The zero-order valence-electron chi connectivity index (χ0n) is 11.6. The van der Waals surface area contributed by atoms with Crippen molar-refractivity contribution in [2.24, 2.45) is 0 Å². The second kappa shape index (κ2) is 6.59. The molecule has 114 valence electrons. The summed E-state index contributed by atoms with van der Waals surface area (Å²) in [6.07, 6.45) is 3.24. The SMILES string of the molecule is Cc1[nH]ncc1CCCNS(=O)(=O)c1ccc(N)cc1Br. The van der Waals surface area contributed by atoms with E-state index in [9.17, 15) is 8.42 Å². The van der Waals surface area contributed by atoms with E-state index < -0.39 is 10.0 Å². The molecule has 0 fully saturated rings. The smallest absolute Gasteiger partial charge is 0.241 e. The van der Waals surface area contributed by atoms with Gasteiger partial charge >= 0.3 is 0 Å². The van der Waals surface area contributed by atoms with Gasteiger partial charge in [-0.15, -0.1) is 0 Å². The van der Waals surface area contributed by atoms with Crippen LogP contribution in [0.4, 0.5) is 5.69 Å². The maximum Gasteiger partial charge on any atom is 0.241 e. The van der Waals surface area contributed by atoms with Crippen LogP contribution in [-0.4, -0.2) is 25.2 Å². The number of nitrogens with one attached hydrogen (secondary N) is 2. The minimum absolute atomic E-state index is 0.191. The highest BCUT2D eigenvalue weighted by Crippen LogP contribution is 2.24. The molecule has 1 heterocycles. The molecule has 0 bridgehead atoms. The lowest BCUT2D eigenvalue weighted by Crippen LogP contribution is -2.25. The van der Waals surface area contributed by atoms with Crippen molar-refractivity contribution in [2.75, 3.05) is 12.3 Å². The van der Waals surface area contributed by atoms with Gasteiger partial charge in [-0.2, -0.15) is 5.10 Å². The Morgan fingerprint density at radius 1 is 1.43 bits per heavy atom. The van der Waals surface area contributed by atoms with Crippen molar-refractivity contribution in [3.05, 3.63) is 40.1 Å². The minimum Gasteiger partial charge on any atom is -0.399 e. The number of nitrogens with two attached hydrogens (primary N) is 1. The van der Waals surface area contributed by atoms with Crippen molar-refractivity contribution < 1.29 is 8.42 Å². The second-order valence-electron chi connectivity index (χ2n) is 4.71. The van der Waals surface area contributed by atoms with Crippen LogP contribution in [0, 0.1) is 6.92 Å². The van der Waals surface area contributed by atoms with Gasteiger partial charge in [0.2, 0.25) is 10.0 Å². The molecule has 0 atom stereocenters. The van der Waals surface area contributed by atoms with Gasteiger partial charge in [-0.25, -0.2) is 13.1 Å². The highest BCUT2D eigenvalue weighted by atomic mass is 79.9. The summed E-state index contributed by atoms with van der Waals surface area (Å²) in [6.45, 7) is 2.31. The van der Waals surface area contributed by atoms with Gasteiger partial charge in [-0.05, 0) is 59.5 Å². The molecule has 0 spiro atoms. The number of anilines is 1. The van der Waals surface area contributed by atoms with Gasteiger partial charge in [-0.1, -0.05) is 0 Å². The van der Waals surface area contributed by atoms with E-state index in [1.807, 2.05) is 6.92 Å². The monoisotopic (exact) mass is 372 g/mol. The number of rotatable bonds is 6. The lowest BCUT2D eigenvalue weighted by Gasteiger charge is -2.09. The van der Waals surface area contributed by atoms with E-state index in [1.54, 1.807) is 18.3 Å². The van der Waals surface area contributed by atoms with Gasteiger partial charge in [0.1, 0.15) is 0 Å². The van der Waals surface area contributed by atoms with Crippen LogP contribution in [0.1, 0.15) is 17.7 Å². The number of hydrogen-bond donors (Lipinski definition) is 3. The topological polar surface area (TPSA) is 101 Å². The molecule has 4 N–H and O–H groups in total. The molecule has 0 aliphatic rings. The number of benzene rings is 1. The Hall–Kier alpha value is -1.38. The van der Waals surface area contributed by atoms with Crippen molar-refractivity contribution in [3.8, 4) is 0 Å². The quantitative estimate of drug-likeness (QED) is 0.532. The fraction of sp³-hybridized carbons (Fsp3) is 0.308. The molecule has 6 nitrogen and oxygen atoms in total. The minimum atomic E-state index is -3.53. The summed E-state index contributed by atoms with van der Waals surface area (Å²) >= 11 is 3.22. The molecule has 0 saturated carbocycles. The number of aryl methyl sites for hydroxylation is 2. The van der Waals surface area contributed by atoms with Crippen molar-refractivity contribution in [2.45, 2.75) is 24.7 Å². The highest BCUT2D eigenvalue weighted by molar-refractivity contribution is 9.10. The van der Waals surface area contributed by atoms with Crippen LogP contribution < -0.4 is 10.5 Å². The molecule has 2 aromatic rings. The Kier molecular flexibility index (Phi) is 5.02. The first kappa shape index (κ1) is 16.0. The van der Waals surface area contributed by atoms with E-state index in [1.165, 1.54) is 6.07 Å². The lowest BCUT2D eigenvalue weighted by molar-refractivity contribution is 0.578. The summed E-state index contributed by atoms with van der Waals surface area (Å²) in [5.41, 5.74) is 8.23. The van der Waals surface area contributed by atoms with Gasteiger partial charge in [0, 0.05) is 22.4 Å². The zero-order chi connectivity index (χ0) is 15.5. The summed E-state index contributed by atoms with van der Waals surface area (Å²) < 4.78 is 27.4. The summed E-state index contributed by atoms with van der Waals surface area (Å²) in [5, 5.41) is 6.79. The summed E-state index contributed by atoms with van der Waals surface area (Å²) in [6, 6.07) is 4.62. The Labute approximate surface area is 132 Å². The normalized spacial score (nSPS) is 11.7. The van der Waals surface area contributed by atoms with Crippen molar-refractivity contribution in [1.82, 2.24) is 14.9 Å². The molecule has 0 radical (unpaired) electrons. The molecular weight excluding hydrogens is 356 g/mol. The second-order valence-corrected chi connectivity index (χ2v) is 7.30. The van der Waals surface area contributed by atoms with Crippen LogP contribution in [0.25, 0.3) is 0 Å². The molecule has 0 amide bonds. The largest absolute Gasteiger partial charge is 0.399 e. The number of H-pyrrole nitrogens is 1. The molecule has 1 aromatic carbocycles. The molecule has 1 aromatic heterocycles. The first-order valence-corrected chi connectivity index (χ1v) is 8.71. The summed E-state index contributed by atoms with van der Waals surface area (Å²) in [7, 11) is -3.53. The van der Waals surface area contributed by atoms with Crippen molar-refractivity contribution >= 4 is 31.6 Å². The Balaban J connectivity index is 1.94. The third kappa shape index (κ3) is 4.05. The van der Waals surface area contributed by atoms with Crippen LogP contribution in [-0.2, 0) is 16.4 Å². The van der Waals surface area contributed by atoms with E-state index in [-0.39, 0.29) is 4.90 Å². The molecule has 0 unspecified atom stereocenters. The van der Waals surface area contributed by atoms with E-state index in [0.717, 1.165) is 17.7 Å². The first-order valence-electron chi connectivity index (χ1n) is 6.43. The third-order valence-electron chi connectivity index (χ3n) is 3.09. The number of hydrogen-bond acceptors (Lipinski definition) is 4. The maximum absolute atomic E-state index is 12.2. The predicted molar refractivity (Wildman–Crippen MR) is 85.4 cm³/mol. The van der Waals surface area contributed by atoms with Gasteiger partial charge in [0.15, 0.2) is 0 Å². The molecule has 0 aliphatic carbocycles. The van der Waals surface area contributed by atoms with E-state index in [0.29, 0.717) is 23.1 Å². The summed E-state index contributed by atoms with van der Waals surface area (Å²) in [5.74, 6) is 0. The van der Waals surface area contributed by atoms with Crippen LogP contribution in [0.15, 0.2) is 33.8 Å². The third-order valence-corrected chi connectivity index (χ3v) is 5.53. The number of nitrogen functional groups attached to an aromatic ring is 1. The fourth-order valence-electron chi connectivity index (χ4n) is 1.93. The molecular formula is C13H17BrN4O2S. The number of sulfonamides is 1. The fourth-order valence-corrected chi connectivity index (χ4v) is 4.09. The number of nitrogens with zero attached hydrogens (tertiary/aromatic N) is 1. The summed E-state index contributed by atoms with van der Waals surface area (Å²) in [4.78, 5) is 0.191.